The third-order valence-electron chi connectivity index (χ3n) is 3.23. The molecule has 120 valence electrons. The van der Waals surface area contributed by atoms with Gasteiger partial charge in [-0.15, -0.1) is 0 Å². The summed E-state index contributed by atoms with van der Waals surface area (Å²) in [4.78, 5) is 21.2. The van der Waals surface area contributed by atoms with E-state index in [1.165, 1.54) is 24.3 Å². The number of nitro benzene ring substituents is 1. The summed E-state index contributed by atoms with van der Waals surface area (Å²) in [5.74, 6) is -1.13. The monoisotopic (exact) mass is 354 g/mol. The van der Waals surface area contributed by atoms with Crippen LogP contribution in [0.2, 0.25) is 10.0 Å². The van der Waals surface area contributed by atoms with Crippen molar-refractivity contribution in [2.24, 2.45) is 5.73 Å². The Morgan fingerprint density at radius 2 is 2.00 bits per heavy atom. The van der Waals surface area contributed by atoms with E-state index in [9.17, 15) is 14.9 Å². The number of carbonyl (C=O) groups is 1. The summed E-state index contributed by atoms with van der Waals surface area (Å²) < 4.78 is 0. The first-order chi connectivity index (χ1) is 10.8. The molecule has 0 saturated carbocycles. The van der Waals surface area contributed by atoms with Crippen molar-refractivity contribution in [3.05, 3.63) is 62.1 Å². The van der Waals surface area contributed by atoms with Crippen molar-refractivity contribution in [3.63, 3.8) is 0 Å². The average Bonchev–Trinajstić information content (AvgIpc) is 2.50. The zero-order valence-corrected chi connectivity index (χ0v) is 13.2. The molecule has 3 N–H and O–H groups in total. The lowest BCUT2D eigenvalue weighted by Gasteiger charge is -2.12. The van der Waals surface area contributed by atoms with Crippen LogP contribution in [0, 0.1) is 10.1 Å². The number of carboxylic acids is 1. The zero-order valence-electron chi connectivity index (χ0n) is 11.7. The van der Waals surface area contributed by atoms with Crippen molar-refractivity contribution in [1.82, 2.24) is 0 Å². The highest BCUT2D eigenvalue weighted by molar-refractivity contribution is 6.43. The lowest BCUT2D eigenvalue weighted by Crippen LogP contribution is -2.32. The Labute approximate surface area is 141 Å². The summed E-state index contributed by atoms with van der Waals surface area (Å²) in [6.07, 6.45) is 0.0636. The summed E-state index contributed by atoms with van der Waals surface area (Å²) in [6, 6.07) is 8.02. The lowest BCUT2D eigenvalue weighted by atomic mass is 9.99. The molecule has 0 aromatic heterocycles. The van der Waals surface area contributed by atoms with Gasteiger partial charge in [-0.2, -0.15) is 0 Å². The van der Waals surface area contributed by atoms with Crippen molar-refractivity contribution in [2.45, 2.75) is 12.5 Å². The number of hydrogen-bond acceptors (Lipinski definition) is 4. The summed E-state index contributed by atoms with van der Waals surface area (Å²) in [7, 11) is 0. The Kier molecular flexibility index (Phi) is 5.20. The first kappa shape index (κ1) is 17.2. The minimum Gasteiger partial charge on any atom is -0.480 e. The quantitative estimate of drug-likeness (QED) is 0.630. The summed E-state index contributed by atoms with van der Waals surface area (Å²) in [6.45, 7) is 0. The van der Waals surface area contributed by atoms with Crippen LogP contribution in [-0.2, 0) is 11.2 Å². The van der Waals surface area contributed by atoms with Gasteiger partial charge in [0, 0.05) is 17.7 Å². The molecule has 0 spiro atoms. The van der Waals surface area contributed by atoms with Crippen molar-refractivity contribution in [1.29, 1.82) is 0 Å². The Bertz CT molecular complexity index is 780. The summed E-state index contributed by atoms with van der Waals surface area (Å²) in [5.41, 5.74) is 7.02. The second-order valence-corrected chi connectivity index (χ2v) is 5.68. The molecule has 0 aliphatic rings. The molecule has 1 unspecified atom stereocenters. The van der Waals surface area contributed by atoms with Crippen LogP contribution in [-0.4, -0.2) is 22.0 Å². The molecule has 2 aromatic carbocycles. The number of aliphatic carboxylic acids is 1. The van der Waals surface area contributed by atoms with E-state index >= 15 is 0 Å². The maximum Gasteiger partial charge on any atom is 0.320 e. The van der Waals surface area contributed by atoms with Gasteiger partial charge >= 0.3 is 5.97 Å². The third kappa shape index (κ3) is 3.98. The Balaban J connectivity index is 2.49. The third-order valence-corrected chi connectivity index (χ3v) is 4.03. The van der Waals surface area contributed by atoms with Crippen molar-refractivity contribution < 1.29 is 14.8 Å². The second-order valence-electron chi connectivity index (χ2n) is 4.90. The molecule has 0 amide bonds. The van der Waals surface area contributed by atoms with E-state index < -0.39 is 16.9 Å². The molecule has 2 rings (SSSR count). The smallest absolute Gasteiger partial charge is 0.320 e. The Morgan fingerprint density at radius 3 is 2.61 bits per heavy atom. The molecule has 6 nitrogen and oxygen atoms in total. The normalized spacial score (nSPS) is 12.0. The number of carboxylic acid groups (broad SMARTS) is 1. The van der Waals surface area contributed by atoms with Gasteiger partial charge in [-0.25, -0.2) is 0 Å². The number of rotatable bonds is 5. The molecule has 0 bridgehead atoms. The molecule has 0 aliphatic heterocycles. The lowest BCUT2D eigenvalue weighted by molar-refractivity contribution is -0.384. The number of halogens is 2. The van der Waals surface area contributed by atoms with Gasteiger partial charge in [0.1, 0.15) is 6.04 Å². The second kappa shape index (κ2) is 6.95. The molecular weight excluding hydrogens is 343 g/mol. The van der Waals surface area contributed by atoms with Crippen LogP contribution in [0.5, 0.6) is 0 Å². The minimum absolute atomic E-state index is 0.0636. The topological polar surface area (TPSA) is 106 Å². The SMILES string of the molecule is NC(Cc1cc(Cl)c(Cl)c(-c2cccc([N+](=O)[O-])c2)c1)C(=O)O. The van der Waals surface area contributed by atoms with Gasteiger partial charge in [-0.1, -0.05) is 35.3 Å². The number of non-ortho nitro benzene ring substituents is 1. The fraction of sp³-hybridized carbons (Fsp3) is 0.133. The highest BCUT2D eigenvalue weighted by Gasteiger charge is 2.17. The number of benzene rings is 2. The molecule has 2 aromatic rings. The molecule has 8 heteroatoms. The number of hydrogen-bond donors (Lipinski definition) is 2. The first-order valence-corrected chi connectivity index (χ1v) is 7.26. The van der Waals surface area contributed by atoms with Gasteiger partial charge in [-0.3, -0.25) is 14.9 Å². The van der Waals surface area contributed by atoms with Gasteiger partial charge < -0.3 is 10.8 Å². The summed E-state index contributed by atoms with van der Waals surface area (Å²) >= 11 is 12.3. The number of nitrogens with zero attached hydrogens (tertiary/aromatic N) is 1. The largest absolute Gasteiger partial charge is 0.480 e. The predicted molar refractivity (Wildman–Crippen MR) is 87.9 cm³/mol. The molecule has 0 fully saturated rings. The minimum atomic E-state index is -1.13. The van der Waals surface area contributed by atoms with E-state index in [0.29, 0.717) is 16.7 Å². The van der Waals surface area contributed by atoms with E-state index in [4.69, 9.17) is 34.0 Å². The van der Waals surface area contributed by atoms with E-state index in [-0.39, 0.29) is 22.2 Å². The highest BCUT2D eigenvalue weighted by atomic mass is 35.5. The van der Waals surface area contributed by atoms with Crippen LogP contribution >= 0.6 is 23.2 Å². The van der Waals surface area contributed by atoms with Gasteiger partial charge in [0.2, 0.25) is 0 Å². The number of nitrogens with two attached hydrogens (primary N) is 1. The van der Waals surface area contributed by atoms with Crippen molar-refractivity contribution in [3.8, 4) is 11.1 Å². The predicted octanol–water partition coefficient (Wildman–Crippen LogP) is 3.52. The maximum atomic E-state index is 10.9. The van der Waals surface area contributed by atoms with E-state index in [1.807, 2.05) is 0 Å². The van der Waals surface area contributed by atoms with Crippen LogP contribution in [0.25, 0.3) is 11.1 Å². The first-order valence-electron chi connectivity index (χ1n) is 6.50. The van der Waals surface area contributed by atoms with Gasteiger partial charge in [0.05, 0.1) is 15.0 Å². The van der Waals surface area contributed by atoms with E-state index in [1.54, 1.807) is 12.1 Å². The van der Waals surface area contributed by atoms with Gasteiger partial charge in [-0.05, 0) is 29.7 Å². The fourth-order valence-corrected chi connectivity index (χ4v) is 2.56. The van der Waals surface area contributed by atoms with Crippen LogP contribution in [0.4, 0.5) is 5.69 Å². The Hall–Kier alpha value is -2.15. The van der Waals surface area contributed by atoms with Gasteiger partial charge in [0.25, 0.3) is 5.69 Å². The molecule has 0 saturated heterocycles. The van der Waals surface area contributed by atoms with E-state index in [0.717, 1.165) is 0 Å². The molecular formula is C15H12Cl2N2O4. The molecule has 0 heterocycles. The molecule has 23 heavy (non-hydrogen) atoms. The van der Waals surface area contributed by atoms with Crippen LogP contribution in [0.1, 0.15) is 5.56 Å². The van der Waals surface area contributed by atoms with Crippen LogP contribution in [0.15, 0.2) is 36.4 Å². The molecule has 0 radical (unpaired) electrons. The maximum absolute atomic E-state index is 10.9. The summed E-state index contributed by atoms with van der Waals surface area (Å²) in [5, 5.41) is 20.2. The van der Waals surface area contributed by atoms with E-state index in [2.05, 4.69) is 0 Å². The zero-order chi connectivity index (χ0) is 17.1. The Morgan fingerprint density at radius 1 is 1.30 bits per heavy atom. The highest BCUT2D eigenvalue weighted by Crippen LogP contribution is 2.36. The number of nitro groups is 1. The van der Waals surface area contributed by atoms with Gasteiger partial charge in [0.15, 0.2) is 0 Å². The molecule has 0 aliphatic carbocycles. The van der Waals surface area contributed by atoms with Crippen LogP contribution < -0.4 is 5.73 Å². The molecule has 1 atom stereocenters. The van der Waals surface area contributed by atoms with Crippen LogP contribution in [0.3, 0.4) is 0 Å². The standard InChI is InChI=1S/C15H12Cl2N2O4/c16-12-5-8(6-13(18)15(20)21)4-11(14(12)17)9-2-1-3-10(7-9)19(22)23/h1-5,7,13H,6,18H2,(H,20,21). The fourth-order valence-electron chi connectivity index (χ4n) is 2.10. The average molecular weight is 355 g/mol. The van der Waals surface area contributed by atoms with Crippen molar-refractivity contribution >= 4 is 34.9 Å². The van der Waals surface area contributed by atoms with Crippen molar-refractivity contribution in [2.75, 3.05) is 0 Å².